The molecule has 1 aliphatic heterocycles. The molecule has 1 fully saturated rings. The van der Waals surface area contributed by atoms with E-state index in [1.165, 1.54) is 10.4 Å². The molecule has 0 bridgehead atoms. The van der Waals surface area contributed by atoms with Gasteiger partial charge in [0.05, 0.1) is 5.56 Å². The first-order valence-electron chi connectivity index (χ1n) is 12.9. The van der Waals surface area contributed by atoms with E-state index >= 15 is 0 Å². The minimum atomic E-state index is -2.48. The number of likely N-dealkylation sites (tertiary alicyclic amines) is 1. The number of pyridine rings is 1. The maximum Gasteiger partial charge on any atom is 0.261 e. The van der Waals surface area contributed by atoms with Gasteiger partial charge in [-0.05, 0) is 53.3 Å². The zero-order valence-electron chi connectivity index (χ0n) is 21.7. The fraction of sp³-hybridized carbons (Fsp3) is 0.400. The van der Waals surface area contributed by atoms with E-state index in [0.29, 0.717) is 24.0 Å². The molecule has 36 heavy (non-hydrogen) atoms. The van der Waals surface area contributed by atoms with Crippen molar-refractivity contribution in [2.24, 2.45) is 5.92 Å². The zero-order chi connectivity index (χ0) is 25.4. The second-order valence-electron chi connectivity index (χ2n) is 10.6. The molecule has 0 aliphatic carbocycles. The van der Waals surface area contributed by atoms with Gasteiger partial charge in [-0.15, -0.1) is 0 Å². The number of nitriles is 1. The fourth-order valence-electron chi connectivity index (χ4n) is 5.19. The smallest absolute Gasteiger partial charge is 0.261 e. The van der Waals surface area contributed by atoms with Crippen LogP contribution in [0.2, 0.25) is 5.04 Å². The van der Waals surface area contributed by atoms with Crippen molar-refractivity contribution >= 4 is 18.7 Å². The van der Waals surface area contributed by atoms with Gasteiger partial charge in [-0.25, -0.2) is 4.98 Å². The summed E-state index contributed by atoms with van der Waals surface area (Å²) in [6.45, 7) is 11.4. The van der Waals surface area contributed by atoms with Crippen LogP contribution in [0.25, 0.3) is 0 Å². The summed E-state index contributed by atoms with van der Waals surface area (Å²) in [5.74, 6) is 1.13. The van der Waals surface area contributed by atoms with Crippen LogP contribution < -0.4 is 15.1 Å². The second kappa shape index (κ2) is 11.8. The molecule has 0 radical (unpaired) electrons. The van der Waals surface area contributed by atoms with Crippen molar-refractivity contribution in [2.45, 2.75) is 38.7 Å². The van der Waals surface area contributed by atoms with E-state index in [1.807, 2.05) is 0 Å². The van der Waals surface area contributed by atoms with Crippen LogP contribution in [0, 0.1) is 17.2 Å². The number of ether oxygens (including phenoxy) is 1. The molecule has 2 aromatic carbocycles. The van der Waals surface area contributed by atoms with Gasteiger partial charge in [0, 0.05) is 25.4 Å². The molecular weight excluding hydrogens is 462 g/mol. The van der Waals surface area contributed by atoms with Crippen molar-refractivity contribution in [2.75, 3.05) is 32.8 Å². The lowest BCUT2D eigenvalue weighted by atomic mass is 9.98. The Morgan fingerprint density at radius 3 is 2.06 bits per heavy atom. The van der Waals surface area contributed by atoms with Gasteiger partial charge in [0.15, 0.2) is 0 Å². The van der Waals surface area contributed by atoms with E-state index < -0.39 is 8.32 Å². The summed E-state index contributed by atoms with van der Waals surface area (Å²) in [7, 11) is -2.48. The first kappa shape index (κ1) is 26.1. The van der Waals surface area contributed by atoms with E-state index in [0.717, 1.165) is 39.1 Å². The zero-order valence-corrected chi connectivity index (χ0v) is 22.7. The van der Waals surface area contributed by atoms with E-state index in [1.54, 1.807) is 18.3 Å². The van der Waals surface area contributed by atoms with Crippen molar-refractivity contribution in [1.82, 2.24) is 9.88 Å². The third-order valence-corrected chi connectivity index (χ3v) is 12.2. The van der Waals surface area contributed by atoms with Gasteiger partial charge in [0.25, 0.3) is 8.32 Å². The van der Waals surface area contributed by atoms with Crippen molar-refractivity contribution < 1.29 is 9.16 Å². The van der Waals surface area contributed by atoms with E-state index in [-0.39, 0.29) is 5.04 Å². The number of rotatable bonds is 9. The van der Waals surface area contributed by atoms with Gasteiger partial charge in [-0.3, -0.25) is 4.90 Å². The Labute approximate surface area is 216 Å². The van der Waals surface area contributed by atoms with Gasteiger partial charge in [-0.1, -0.05) is 81.4 Å². The quantitative estimate of drug-likeness (QED) is 0.402. The highest BCUT2D eigenvalue weighted by atomic mass is 28.4. The van der Waals surface area contributed by atoms with Crippen LogP contribution in [0.4, 0.5) is 0 Å². The largest absolute Gasteiger partial charge is 0.476 e. The predicted octanol–water partition coefficient (Wildman–Crippen LogP) is 4.62. The lowest BCUT2D eigenvalue weighted by Crippen LogP contribution is -2.67. The molecule has 6 heteroatoms. The molecule has 4 rings (SSSR count). The highest BCUT2D eigenvalue weighted by molar-refractivity contribution is 6.99. The molecule has 1 aromatic heterocycles. The molecule has 5 nitrogen and oxygen atoms in total. The third kappa shape index (κ3) is 6.04. The summed E-state index contributed by atoms with van der Waals surface area (Å²) in [4.78, 5) is 6.65. The summed E-state index contributed by atoms with van der Waals surface area (Å²) in [6, 6.07) is 27.4. The van der Waals surface area contributed by atoms with Gasteiger partial charge in [0.1, 0.15) is 12.7 Å². The number of hydrogen-bond acceptors (Lipinski definition) is 5. The van der Waals surface area contributed by atoms with Gasteiger partial charge >= 0.3 is 0 Å². The topological polar surface area (TPSA) is 58.4 Å². The van der Waals surface area contributed by atoms with Gasteiger partial charge in [0.2, 0.25) is 5.88 Å². The van der Waals surface area contributed by atoms with Crippen molar-refractivity contribution in [3.63, 3.8) is 0 Å². The predicted molar refractivity (Wildman–Crippen MR) is 147 cm³/mol. The molecule has 188 valence electrons. The van der Waals surface area contributed by atoms with Crippen molar-refractivity contribution in [3.05, 3.63) is 84.6 Å². The summed E-state index contributed by atoms with van der Waals surface area (Å²) in [5, 5.41) is 11.6. The van der Waals surface area contributed by atoms with E-state index in [4.69, 9.17) is 14.4 Å². The number of piperidine rings is 1. The molecular formula is C30H37N3O2Si. The van der Waals surface area contributed by atoms with Crippen LogP contribution in [0.3, 0.4) is 0 Å². The van der Waals surface area contributed by atoms with Crippen molar-refractivity contribution in [1.29, 1.82) is 5.26 Å². The minimum absolute atomic E-state index is 0.00717. The Bertz CT molecular complexity index is 1080. The summed E-state index contributed by atoms with van der Waals surface area (Å²) >= 11 is 0. The Hall–Kier alpha value is -2.98. The highest BCUT2D eigenvalue weighted by Crippen LogP contribution is 2.37. The molecule has 0 N–H and O–H groups in total. The Kier molecular flexibility index (Phi) is 8.58. The molecule has 0 atom stereocenters. The molecule has 0 unspecified atom stereocenters. The Balaban J connectivity index is 1.36. The SMILES string of the molecule is CC(C)(C)[Si](OCC1CCN(CCOc2ccc(C#N)cn2)CC1)(c1ccccc1)c1ccccc1. The molecule has 1 aliphatic rings. The number of nitrogens with zero attached hydrogens (tertiary/aromatic N) is 3. The second-order valence-corrected chi connectivity index (χ2v) is 14.9. The average Bonchev–Trinajstić information content (AvgIpc) is 2.91. The summed E-state index contributed by atoms with van der Waals surface area (Å²) in [6.07, 6.45) is 3.81. The van der Waals surface area contributed by atoms with Crippen LogP contribution in [0.1, 0.15) is 39.2 Å². The maximum atomic E-state index is 8.89. The average molecular weight is 500 g/mol. The molecule has 3 aromatic rings. The maximum absolute atomic E-state index is 8.89. The fourth-order valence-corrected chi connectivity index (χ4v) is 9.83. The van der Waals surface area contributed by atoms with Crippen LogP contribution in [-0.4, -0.2) is 51.0 Å². The number of benzene rings is 2. The monoisotopic (exact) mass is 499 g/mol. The van der Waals surface area contributed by atoms with Crippen LogP contribution in [0.5, 0.6) is 5.88 Å². The van der Waals surface area contributed by atoms with E-state index in [2.05, 4.69) is 97.4 Å². The first-order valence-corrected chi connectivity index (χ1v) is 14.8. The van der Waals surface area contributed by atoms with Gasteiger partial charge < -0.3 is 9.16 Å². The molecule has 2 heterocycles. The number of hydrogen-bond donors (Lipinski definition) is 0. The molecule has 1 saturated heterocycles. The lowest BCUT2D eigenvalue weighted by molar-refractivity contribution is 0.122. The normalized spacial score (nSPS) is 15.4. The number of aromatic nitrogens is 1. The molecule has 0 saturated carbocycles. The van der Waals surface area contributed by atoms with Crippen molar-refractivity contribution in [3.8, 4) is 11.9 Å². The van der Waals surface area contributed by atoms with Gasteiger partial charge in [-0.2, -0.15) is 5.26 Å². The van der Waals surface area contributed by atoms with Crippen LogP contribution in [0.15, 0.2) is 79.0 Å². The van der Waals surface area contributed by atoms with Crippen LogP contribution >= 0.6 is 0 Å². The van der Waals surface area contributed by atoms with Crippen LogP contribution in [-0.2, 0) is 4.43 Å². The summed E-state index contributed by atoms with van der Waals surface area (Å²) in [5.41, 5.74) is 0.546. The first-order chi connectivity index (χ1) is 17.4. The highest BCUT2D eigenvalue weighted by Gasteiger charge is 2.50. The minimum Gasteiger partial charge on any atom is -0.476 e. The third-order valence-electron chi connectivity index (χ3n) is 7.18. The summed E-state index contributed by atoms with van der Waals surface area (Å²) < 4.78 is 12.9. The Morgan fingerprint density at radius 2 is 1.56 bits per heavy atom. The molecule has 0 amide bonds. The standard InChI is InChI=1S/C30H37N3O2Si/c1-30(2,3)36(27-10-6-4-7-11-27,28-12-8-5-9-13-28)35-24-25-16-18-33(19-17-25)20-21-34-29-15-14-26(22-31)23-32-29/h4-15,23,25H,16-21,24H2,1-3H3. The van der Waals surface area contributed by atoms with E-state index in [9.17, 15) is 0 Å². The Morgan fingerprint density at radius 1 is 0.944 bits per heavy atom. The molecule has 0 spiro atoms. The lowest BCUT2D eigenvalue weighted by Gasteiger charge is -2.44.